The Kier molecular flexibility index (Phi) is 6.71. The van der Waals surface area contributed by atoms with E-state index >= 15 is 0 Å². The average Bonchev–Trinajstić information content (AvgIpc) is 2.44. The number of carbonyl (C=O) groups excluding carboxylic acids is 1. The smallest absolute Gasteiger partial charge is 0.342 e. The van der Waals surface area contributed by atoms with Crippen LogP contribution in [-0.2, 0) is 0 Å². The van der Waals surface area contributed by atoms with Gasteiger partial charge in [0.2, 0.25) is 0 Å². The Morgan fingerprint density at radius 2 is 1.86 bits per heavy atom. The maximum Gasteiger partial charge on any atom is 0.342 e. The van der Waals surface area contributed by atoms with Gasteiger partial charge in [-0.15, -0.1) is 0 Å². The number of nitrogens with one attached hydrogen (secondary N) is 1. The van der Waals surface area contributed by atoms with E-state index in [2.05, 4.69) is 10.5 Å². The Morgan fingerprint density at radius 3 is 2.32 bits per heavy atom. The van der Waals surface area contributed by atoms with E-state index in [1.54, 1.807) is 19.2 Å². The van der Waals surface area contributed by atoms with Crippen molar-refractivity contribution in [3.05, 3.63) is 40.5 Å². The van der Waals surface area contributed by atoms with E-state index in [4.69, 9.17) is 27.9 Å². The molecule has 1 aromatic carbocycles. The minimum atomic E-state index is -0.491. The van der Waals surface area contributed by atoms with Crippen molar-refractivity contribution in [1.82, 2.24) is 10.3 Å². The van der Waals surface area contributed by atoms with Gasteiger partial charge in [-0.05, 0) is 50.6 Å². The third-order valence-electron chi connectivity index (χ3n) is 2.66. The number of methoxy groups -OCH3 is 1. The molecule has 0 aliphatic carbocycles. The molecule has 120 valence electrons. The Labute approximate surface area is 140 Å². The number of carbonyl (C=O) groups is 1. The van der Waals surface area contributed by atoms with Gasteiger partial charge in [0.1, 0.15) is 10.2 Å². The molecule has 0 unspecified atom stereocenters. The molecule has 0 radical (unpaired) electrons. The van der Waals surface area contributed by atoms with E-state index in [0.717, 1.165) is 11.3 Å². The second kappa shape index (κ2) is 8.06. The Hall–Kier alpha value is -1.72. The highest BCUT2D eigenvalue weighted by Crippen LogP contribution is 2.18. The monoisotopic (exact) mass is 343 g/mol. The molecule has 0 heterocycles. The zero-order chi connectivity index (χ0) is 16.8. The molecular weight excluding hydrogens is 325 g/mol. The summed E-state index contributed by atoms with van der Waals surface area (Å²) in [6, 6.07) is 6.83. The van der Waals surface area contributed by atoms with Crippen molar-refractivity contribution in [3.63, 3.8) is 0 Å². The van der Waals surface area contributed by atoms with Gasteiger partial charge in [0.15, 0.2) is 0 Å². The fourth-order valence-electron chi connectivity index (χ4n) is 1.56. The summed E-state index contributed by atoms with van der Waals surface area (Å²) in [5.74, 6) is 0.752. The molecule has 22 heavy (non-hydrogen) atoms. The predicted molar refractivity (Wildman–Crippen MR) is 90.5 cm³/mol. The van der Waals surface area contributed by atoms with Gasteiger partial charge in [0.25, 0.3) is 0 Å². The highest BCUT2D eigenvalue weighted by Gasteiger charge is 2.25. The molecule has 0 aromatic heterocycles. The first-order chi connectivity index (χ1) is 10.2. The molecule has 0 spiro atoms. The molecule has 0 bridgehead atoms. The summed E-state index contributed by atoms with van der Waals surface area (Å²) in [5, 5.41) is 3.92. The summed E-state index contributed by atoms with van der Waals surface area (Å²) in [4.78, 5) is 13.5. The van der Waals surface area contributed by atoms with E-state index in [1.165, 1.54) is 17.3 Å². The second-order valence-electron chi connectivity index (χ2n) is 5.41. The molecule has 5 nitrogen and oxygen atoms in total. The Balaban J connectivity index is 2.73. The molecule has 1 aromatic rings. The molecule has 0 fully saturated rings. The lowest BCUT2D eigenvalue weighted by atomic mass is 10.1. The summed E-state index contributed by atoms with van der Waals surface area (Å²) in [6.45, 7) is 5.56. The molecule has 0 saturated carbocycles. The van der Waals surface area contributed by atoms with Crippen molar-refractivity contribution in [2.45, 2.75) is 26.3 Å². The number of nitrogens with zero attached hydrogens (tertiary/aromatic N) is 2. The number of hydrogen-bond donors (Lipinski definition) is 1. The summed E-state index contributed by atoms with van der Waals surface area (Å²) >= 11 is 11.3. The molecule has 0 aliphatic heterocycles. The highest BCUT2D eigenvalue weighted by molar-refractivity contribution is 6.55. The Morgan fingerprint density at radius 1 is 1.27 bits per heavy atom. The van der Waals surface area contributed by atoms with Gasteiger partial charge in [-0.25, -0.2) is 10.2 Å². The molecule has 1 N–H and O–H groups in total. The van der Waals surface area contributed by atoms with E-state index in [0.29, 0.717) is 0 Å². The number of urea groups is 1. The minimum Gasteiger partial charge on any atom is -0.497 e. The number of halogens is 2. The van der Waals surface area contributed by atoms with Crippen LogP contribution in [0.15, 0.2) is 40.1 Å². The standard InChI is InChI=1S/C15H19Cl2N3O2/c1-15(2,3)20(10-13(16)17)14(21)19-18-9-11-5-7-12(22-4)8-6-11/h5-10H,1-4H3,(H,19,21)/b18-9-. The molecule has 2 amide bonds. The fourth-order valence-corrected chi connectivity index (χ4v) is 1.76. The lowest BCUT2D eigenvalue weighted by molar-refractivity contribution is 0.179. The molecule has 0 aliphatic rings. The van der Waals surface area contributed by atoms with E-state index < -0.39 is 11.6 Å². The lowest BCUT2D eigenvalue weighted by Crippen LogP contribution is -2.45. The lowest BCUT2D eigenvalue weighted by Gasteiger charge is -2.31. The van der Waals surface area contributed by atoms with Crippen LogP contribution in [0.2, 0.25) is 0 Å². The van der Waals surface area contributed by atoms with Crippen molar-refractivity contribution >= 4 is 35.4 Å². The average molecular weight is 344 g/mol. The summed E-state index contributed by atoms with van der Waals surface area (Å²) in [5.41, 5.74) is 2.77. The van der Waals surface area contributed by atoms with Crippen LogP contribution < -0.4 is 10.2 Å². The number of rotatable bonds is 4. The van der Waals surface area contributed by atoms with E-state index in [1.807, 2.05) is 32.9 Å². The highest BCUT2D eigenvalue weighted by atomic mass is 35.5. The molecular formula is C15H19Cl2N3O2. The first-order valence-corrected chi connectivity index (χ1v) is 7.29. The first-order valence-electron chi connectivity index (χ1n) is 6.53. The topological polar surface area (TPSA) is 53.9 Å². The van der Waals surface area contributed by atoms with Crippen molar-refractivity contribution in [2.75, 3.05) is 7.11 Å². The second-order valence-corrected chi connectivity index (χ2v) is 6.42. The normalized spacial score (nSPS) is 11.2. The van der Waals surface area contributed by atoms with Gasteiger partial charge in [-0.2, -0.15) is 5.10 Å². The third-order valence-corrected chi connectivity index (χ3v) is 2.85. The van der Waals surface area contributed by atoms with Crippen LogP contribution in [0.3, 0.4) is 0 Å². The van der Waals surface area contributed by atoms with Crippen LogP contribution in [0.1, 0.15) is 26.3 Å². The fraction of sp³-hybridized carbons (Fsp3) is 0.333. The largest absolute Gasteiger partial charge is 0.497 e. The summed E-state index contributed by atoms with van der Waals surface area (Å²) < 4.78 is 5.06. The van der Waals surface area contributed by atoms with Gasteiger partial charge in [-0.1, -0.05) is 23.2 Å². The van der Waals surface area contributed by atoms with Gasteiger partial charge >= 0.3 is 6.03 Å². The number of hydrazone groups is 1. The van der Waals surface area contributed by atoms with Gasteiger partial charge in [0.05, 0.1) is 13.3 Å². The van der Waals surface area contributed by atoms with Crippen LogP contribution >= 0.6 is 23.2 Å². The van der Waals surface area contributed by atoms with E-state index in [9.17, 15) is 4.79 Å². The van der Waals surface area contributed by atoms with Crippen LogP contribution in [0.4, 0.5) is 4.79 Å². The third kappa shape index (κ3) is 5.95. The van der Waals surface area contributed by atoms with Crippen molar-refractivity contribution in [2.24, 2.45) is 5.10 Å². The van der Waals surface area contributed by atoms with Crippen molar-refractivity contribution in [3.8, 4) is 5.75 Å². The maximum atomic E-state index is 12.1. The number of benzene rings is 1. The zero-order valence-electron chi connectivity index (χ0n) is 12.9. The minimum absolute atomic E-state index is 0.00999. The maximum absolute atomic E-state index is 12.1. The molecule has 0 atom stereocenters. The Bertz CT molecular complexity index is 559. The molecule has 7 heteroatoms. The van der Waals surface area contributed by atoms with Crippen LogP contribution in [-0.4, -0.2) is 29.8 Å². The summed E-state index contributed by atoms with van der Waals surface area (Å²) in [6.07, 6.45) is 2.88. The number of amides is 2. The quantitative estimate of drug-likeness (QED) is 0.660. The zero-order valence-corrected chi connectivity index (χ0v) is 14.4. The van der Waals surface area contributed by atoms with Crippen LogP contribution in [0, 0.1) is 0 Å². The van der Waals surface area contributed by atoms with Crippen LogP contribution in [0.5, 0.6) is 5.75 Å². The van der Waals surface area contributed by atoms with Crippen LogP contribution in [0.25, 0.3) is 0 Å². The van der Waals surface area contributed by atoms with Crippen molar-refractivity contribution in [1.29, 1.82) is 0 Å². The summed E-state index contributed by atoms with van der Waals surface area (Å²) in [7, 11) is 1.60. The number of ether oxygens (including phenoxy) is 1. The van der Waals surface area contributed by atoms with Gasteiger partial charge < -0.3 is 4.74 Å². The SMILES string of the molecule is COc1ccc(/C=N\NC(=O)N(C=C(Cl)Cl)C(C)(C)C)cc1. The molecule has 0 saturated heterocycles. The molecule has 1 rings (SSSR count). The first kappa shape index (κ1) is 18.3. The van der Waals surface area contributed by atoms with E-state index in [-0.39, 0.29) is 4.49 Å². The number of hydrogen-bond acceptors (Lipinski definition) is 3. The van der Waals surface area contributed by atoms with Crippen molar-refractivity contribution < 1.29 is 9.53 Å². The predicted octanol–water partition coefficient (Wildman–Crippen LogP) is 4.12. The van der Waals surface area contributed by atoms with Gasteiger partial charge in [-0.3, -0.25) is 4.90 Å². The van der Waals surface area contributed by atoms with Gasteiger partial charge in [0, 0.05) is 11.7 Å².